The van der Waals surface area contributed by atoms with Gasteiger partial charge in [0, 0.05) is 11.3 Å². The predicted molar refractivity (Wildman–Crippen MR) is 63.8 cm³/mol. The molecule has 0 saturated carbocycles. The van der Waals surface area contributed by atoms with Gasteiger partial charge in [0.25, 0.3) is 0 Å². The Hall–Kier alpha value is -2.07. The highest BCUT2D eigenvalue weighted by Gasteiger charge is 2.20. The molecule has 1 heterocycles. The molecule has 1 aromatic heterocycles. The summed E-state index contributed by atoms with van der Waals surface area (Å²) in [5.74, 6) is -0.509. The van der Waals surface area contributed by atoms with Crippen LogP contribution in [0.5, 0.6) is 0 Å². The fourth-order valence-corrected chi connectivity index (χ4v) is 2.71. The molecule has 0 bridgehead atoms. The third-order valence-corrected chi connectivity index (χ3v) is 3.95. The molecule has 8 nitrogen and oxygen atoms in total. The van der Waals surface area contributed by atoms with E-state index in [2.05, 4.69) is 25.3 Å². The molecule has 102 valence electrons. The van der Waals surface area contributed by atoms with E-state index in [1.165, 1.54) is 13.0 Å². The van der Waals surface area contributed by atoms with E-state index >= 15 is 0 Å². The summed E-state index contributed by atoms with van der Waals surface area (Å²) in [5, 5.41) is 12.7. The monoisotopic (exact) mass is 286 g/mol. The lowest BCUT2D eigenvalue weighted by Crippen LogP contribution is -2.25. The number of anilines is 1. The van der Waals surface area contributed by atoms with Gasteiger partial charge < -0.3 is 5.73 Å². The summed E-state index contributed by atoms with van der Waals surface area (Å²) in [7, 11) is -3.90. The van der Waals surface area contributed by atoms with E-state index in [9.17, 15) is 12.8 Å². The van der Waals surface area contributed by atoms with Crippen LogP contribution >= 0.6 is 0 Å². The number of hydrogen-bond donors (Lipinski definition) is 3. The average molecular weight is 286 g/mol. The highest BCUT2D eigenvalue weighted by molar-refractivity contribution is 7.89. The van der Waals surface area contributed by atoms with Crippen LogP contribution in [0.25, 0.3) is 0 Å². The summed E-state index contributed by atoms with van der Waals surface area (Å²) in [6.07, 6.45) is 0. The molecule has 10 heteroatoms. The number of nitrogens with one attached hydrogen (secondary N) is 2. The molecule has 0 radical (unpaired) electrons. The molecule has 0 unspecified atom stereocenters. The van der Waals surface area contributed by atoms with E-state index in [0.29, 0.717) is 0 Å². The van der Waals surface area contributed by atoms with Gasteiger partial charge in [-0.25, -0.2) is 17.5 Å². The van der Waals surface area contributed by atoms with Crippen molar-refractivity contribution in [2.45, 2.75) is 18.4 Å². The van der Waals surface area contributed by atoms with Crippen LogP contribution in [0, 0.1) is 12.7 Å². The maximum absolute atomic E-state index is 13.5. The lowest BCUT2D eigenvalue weighted by Gasteiger charge is -2.09. The van der Waals surface area contributed by atoms with Crippen LogP contribution in [0.4, 0.5) is 10.1 Å². The highest BCUT2D eigenvalue weighted by atomic mass is 32.2. The van der Waals surface area contributed by atoms with Crippen LogP contribution in [0.2, 0.25) is 0 Å². The average Bonchev–Trinajstić information content (AvgIpc) is 2.84. The lowest BCUT2D eigenvalue weighted by atomic mass is 10.2. The van der Waals surface area contributed by atoms with Crippen LogP contribution in [0.15, 0.2) is 17.0 Å². The largest absolute Gasteiger partial charge is 0.399 e. The first-order chi connectivity index (χ1) is 8.90. The van der Waals surface area contributed by atoms with Gasteiger partial charge in [-0.3, -0.25) is 0 Å². The Balaban J connectivity index is 2.29. The third-order valence-electron chi connectivity index (χ3n) is 2.42. The topological polar surface area (TPSA) is 127 Å². The highest BCUT2D eigenvalue weighted by Crippen LogP contribution is 2.21. The van der Waals surface area contributed by atoms with Gasteiger partial charge in [0.15, 0.2) is 5.82 Å². The first-order valence-corrected chi connectivity index (χ1v) is 6.66. The van der Waals surface area contributed by atoms with E-state index in [1.54, 1.807) is 0 Å². The minimum Gasteiger partial charge on any atom is -0.399 e. The minimum absolute atomic E-state index is 0.00480. The van der Waals surface area contributed by atoms with Crippen molar-refractivity contribution >= 4 is 15.7 Å². The zero-order valence-electron chi connectivity index (χ0n) is 9.88. The van der Waals surface area contributed by atoms with Crippen molar-refractivity contribution in [3.63, 3.8) is 0 Å². The molecular weight excluding hydrogens is 275 g/mol. The lowest BCUT2D eigenvalue weighted by molar-refractivity contribution is 0.573. The van der Waals surface area contributed by atoms with Gasteiger partial charge in [-0.1, -0.05) is 5.21 Å². The van der Waals surface area contributed by atoms with Crippen LogP contribution < -0.4 is 10.5 Å². The van der Waals surface area contributed by atoms with Crippen molar-refractivity contribution in [3.05, 3.63) is 29.3 Å². The van der Waals surface area contributed by atoms with Gasteiger partial charge in [-0.15, -0.1) is 10.2 Å². The Bertz CT molecular complexity index is 685. The normalized spacial score (nSPS) is 11.7. The van der Waals surface area contributed by atoms with Crippen LogP contribution in [-0.4, -0.2) is 29.0 Å². The van der Waals surface area contributed by atoms with Gasteiger partial charge in [-0.05, 0) is 19.1 Å². The summed E-state index contributed by atoms with van der Waals surface area (Å²) >= 11 is 0. The predicted octanol–water partition coefficient (Wildman–Crippen LogP) is -0.292. The molecule has 0 atom stereocenters. The molecule has 2 aromatic rings. The Morgan fingerprint density at radius 2 is 2.21 bits per heavy atom. The number of aromatic nitrogens is 4. The van der Waals surface area contributed by atoms with E-state index in [4.69, 9.17) is 5.73 Å². The number of hydrogen-bond acceptors (Lipinski definition) is 6. The molecular formula is C9H11FN6O2S. The standard InChI is InChI=1S/C9H11FN6O2S/c1-5-7(10)2-6(11)3-8(5)19(17,18)12-4-9-13-15-16-14-9/h2-3,12H,4,11H2,1H3,(H,13,14,15,16). The van der Waals surface area contributed by atoms with Crippen molar-refractivity contribution < 1.29 is 12.8 Å². The van der Waals surface area contributed by atoms with Gasteiger partial charge in [-0.2, -0.15) is 5.21 Å². The quantitative estimate of drug-likeness (QED) is 0.663. The third kappa shape index (κ3) is 2.85. The fourth-order valence-electron chi connectivity index (χ4n) is 1.45. The second-order valence-electron chi connectivity index (χ2n) is 3.78. The zero-order valence-corrected chi connectivity index (χ0v) is 10.7. The minimum atomic E-state index is -3.90. The van der Waals surface area contributed by atoms with Crippen molar-refractivity contribution in [1.82, 2.24) is 25.3 Å². The molecule has 0 amide bonds. The number of nitrogens with two attached hydrogens (primary N) is 1. The number of rotatable bonds is 4. The molecule has 4 N–H and O–H groups in total. The Morgan fingerprint density at radius 3 is 2.84 bits per heavy atom. The number of benzene rings is 1. The zero-order chi connectivity index (χ0) is 14.0. The van der Waals surface area contributed by atoms with Crippen LogP contribution in [0.3, 0.4) is 0 Å². The number of nitrogens with zero attached hydrogens (tertiary/aromatic N) is 3. The SMILES string of the molecule is Cc1c(F)cc(N)cc1S(=O)(=O)NCc1nn[nH]n1. The smallest absolute Gasteiger partial charge is 0.241 e. The summed E-state index contributed by atoms with van der Waals surface area (Å²) in [6.45, 7) is 1.20. The number of aromatic amines is 1. The number of halogens is 1. The van der Waals surface area contributed by atoms with E-state index < -0.39 is 15.8 Å². The van der Waals surface area contributed by atoms with Crippen molar-refractivity contribution in [2.24, 2.45) is 0 Å². The second-order valence-corrected chi connectivity index (χ2v) is 5.51. The van der Waals surface area contributed by atoms with Crippen molar-refractivity contribution in [1.29, 1.82) is 0 Å². The molecule has 0 saturated heterocycles. The fraction of sp³-hybridized carbons (Fsp3) is 0.222. The molecule has 0 aliphatic heterocycles. The molecule has 0 aliphatic rings. The van der Waals surface area contributed by atoms with Gasteiger partial charge in [0.2, 0.25) is 10.0 Å². The van der Waals surface area contributed by atoms with Gasteiger partial charge >= 0.3 is 0 Å². The molecule has 19 heavy (non-hydrogen) atoms. The molecule has 0 fully saturated rings. The number of nitrogen functional groups attached to an aromatic ring is 1. The second kappa shape index (κ2) is 4.90. The molecule has 0 aliphatic carbocycles. The Kier molecular flexibility index (Phi) is 3.44. The van der Waals surface area contributed by atoms with E-state index in [1.807, 2.05) is 0 Å². The molecule has 0 spiro atoms. The first-order valence-electron chi connectivity index (χ1n) is 5.18. The van der Waals surface area contributed by atoms with E-state index in [0.717, 1.165) is 6.07 Å². The summed E-state index contributed by atoms with van der Waals surface area (Å²) in [4.78, 5) is -0.214. The van der Waals surface area contributed by atoms with E-state index in [-0.39, 0.29) is 28.5 Å². The van der Waals surface area contributed by atoms with Crippen molar-refractivity contribution in [3.8, 4) is 0 Å². The summed E-state index contributed by atoms with van der Waals surface area (Å²) in [5.41, 5.74) is 5.47. The number of tetrazole rings is 1. The van der Waals surface area contributed by atoms with Crippen LogP contribution in [-0.2, 0) is 16.6 Å². The van der Waals surface area contributed by atoms with Gasteiger partial charge in [0.1, 0.15) is 5.82 Å². The molecule has 1 aromatic carbocycles. The van der Waals surface area contributed by atoms with Gasteiger partial charge in [0.05, 0.1) is 11.4 Å². The number of sulfonamides is 1. The Morgan fingerprint density at radius 1 is 1.47 bits per heavy atom. The maximum Gasteiger partial charge on any atom is 0.241 e. The van der Waals surface area contributed by atoms with Crippen molar-refractivity contribution in [2.75, 3.05) is 5.73 Å². The molecule has 2 rings (SSSR count). The first kappa shape index (κ1) is 13.4. The summed E-state index contributed by atoms with van der Waals surface area (Å²) in [6, 6.07) is 2.25. The summed E-state index contributed by atoms with van der Waals surface area (Å²) < 4.78 is 39.8. The maximum atomic E-state index is 13.5. The number of H-pyrrole nitrogens is 1. The van der Waals surface area contributed by atoms with Crippen LogP contribution in [0.1, 0.15) is 11.4 Å². The Labute approximate surface area is 108 Å².